The molecule has 0 amide bonds. The first-order valence-corrected chi connectivity index (χ1v) is 9.09. The van der Waals surface area contributed by atoms with Crippen LogP contribution in [-0.4, -0.2) is 37.3 Å². The van der Waals surface area contributed by atoms with Crippen molar-refractivity contribution in [1.29, 1.82) is 0 Å². The van der Waals surface area contributed by atoms with Crippen LogP contribution in [0.4, 0.5) is 0 Å². The van der Waals surface area contributed by atoms with Crippen molar-refractivity contribution in [3.63, 3.8) is 0 Å². The molecule has 0 N–H and O–H groups in total. The topological polar surface area (TPSA) is 76.6 Å². The second-order valence-electron chi connectivity index (χ2n) is 5.04. The lowest BCUT2D eigenvalue weighted by molar-refractivity contribution is 0.0600. The van der Waals surface area contributed by atoms with Gasteiger partial charge in [-0.25, -0.2) is 13.2 Å². The highest BCUT2D eigenvalue weighted by Crippen LogP contribution is 2.13. The molecule has 128 valence electrons. The van der Waals surface area contributed by atoms with E-state index in [1.165, 1.54) is 17.6 Å². The van der Waals surface area contributed by atoms with E-state index >= 15 is 0 Å². The fraction of sp³-hybridized carbons (Fsp3) is 0.250. The predicted octanol–water partition coefficient (Wildman–Crippen LogP) is 2.20. The van der Waals surface area contributed by atoms with E-state index in [9.17, 15) is 13.2 Å². The summed E-state index contributed by atoms with van der Waals surface area (Å²) in [6, 6.07) is 10.9. The van der Waals surface area contributed by atoms with Crippen LogP contribution in [-0.2, 0) is 28.6 Å². The van der Waals surface area contributed by atoms with Gasteiger partial charge < -0.3 is 4.74 Å². The highest BCUT2D eigenvalue weighted by Gasteiger charge is 2.11. The Morgan fingerprint density at radius 2 is 2.08 bits per heavy atom. The fourth-order valence-corrected chi connectivity index (χ4v) is 3.08. The second kappa shape index (κ2) is 8.91. The number of ether oxygens (including phenoxy) is 1. The Morgan fingerprint density at radius 3 is 2.67 bits per heavy atom. The Bertz CT molecular complexity index is 770. The summed E-state index contributed by atoms with van der Waals surface area (Å²) in [6.07, 6.45) is 1.98. The number of benzene rings is 1. The van der Waals surface area contributed by atoms with Gasteiger partial charge in [0.05, 0.1) is 24.9 Å². The summed E-state index contributed by atoms with van der Waals surface area (Å²) in [6.45, 7) is 0.518. The number of thiol groups is 1. The van der Waals surface area contributed by atoms with Crippen molar-refractivity contribution < 1.29 is 17.9 Å². The van der Waals surface area contributed by atoms with Crippen molar-refractivity contribution in [3.8, 4) is 0 Å². The molecule has 6 nitrogen and oxygen atoms in total. The van der Waals surface area contributed by atoms with E-state index in [-0.39, 0.29) is 6.54 Å². The van der Waals surface area contributed by atoms with E-state index in [1.54, 1.807) is 12.1 Å². The normalized spacial score (nSPS) is 11.0. The molecular formula is C16H17BrN2O4S. The lowest BCUT2D eigenvalue weighted by Crippen LogP contribution is -2.24. The van der Waals surface area contributed by atoms with Gasteiger partial charge in [0.1, 0.15) is 0 Å². The molecule has 2 aromatic rings. The maximum Gasteiger partial charge on any atom is 0.339 e. The summed E-state index contributed by atoms with van der Waals surface area (Å²) >= 11 is 3.40. The van der Waals surface area contributed by atoms with Gasteiger partial charge in [-0.3, -0.25) is 4.98 Å². The molecular weight excluding hydrogens is 396 g/mol. The first-order chi connectivity index (χ1) is 11.5. The molecule has 1 aromatic heterocycles. The van der Waals surface area contributed by atoms with Crippen LogP contribution >= 0.6 is 15.9 Å². The van der Waals surface area contributed by atoms with E-state index in [0.29, 0.717) is 24.2 Å². The molecule has 0 aliphatic heterocycles. The molecule has 0 saturated carbocycles. The fourth-order valence-electron chi connectivity index (χ4n) is 2.11. The van der Waals surface area contributed by atoms with Crippen molar-refractivity contribution in [2.45, 2.75) is 13.0 Å². The van der Waals surface area contributed by atoms with Gasteiger partial charge in [0.25, 0.3) is 0 Å². The minimum Gasteiger partial charge on any atom is -0.465 e. The third-order valence-electron chi connectivity index (χ3n) is 3.37. The summed E-state index contributed by atoms with van der Waals surface area (Å²) in [5.74, 6) is -0.476. The molecule has 24 heavy (non-hydrogen) atoms. The van der Waals surface area contributed by atoms with Gasteiger partial charge in [-0.2, -0.15) is 4.31 Å². The summed E-state index contributed by atoms with van der Waals surface area (Å²) in [5, 5.41) is 0. The first kappa shape index (κ1) is 18.6. The molecule has 0 unspecified atom stereocenters. The minimum atomic E-state index is -2.72. The van der Waals surface area contributed by atoms with Crippen LogP contribution in [0, 0.1) is 0 Å². The quantitative estimate of drug-likeness (QED) is 0.557. The Hall–Kier alpha value is -1.77. The standard InChI is InChI=1S/C16H17BrN2O4S/c1-23-16(20)13-5-6-15(18-10-13)11-19(24(21)22)8-7-12-3-2-4-14(17)9-12/h2-6,9-10,24H,7-8,11H2,1H3. The van der Waals surface area contributed by atoms with Crippen molar-refractivity contribution in [3.05, 3.63) is 63.9 Å². The monoisotopic (exact) mass is 412 g/mol. The van der Waals surface area contributed by atoms with Gasteiger partial charge in [-0.1, -0.05) is 28.1 Å². The Kier molecular flexibility index (Phi) is 6.89. The van der Waals surface area contributed by atoms with Gasteiger partial charge in [-0.05, 0) is 36.2 Å². The minimum absolute atomic E-state index is 0.161. The molecule has 0 bridgehead atoms. The van der Waals surface area contributed by atoms with E-state index in [2.05, 4.69) is 25.7 Å². The average molecular weight is 413 g/mol. The van der Waals surface area contributed by atoms with Gasteiger partial charge in [0, 0.05) is 17.2 Å². The van der Waals surface area contributed by atoms with Crippen LogP contribution < -0.4 is 0 Å². The van der Waals surface area contributed by atoms with E-state index in [4.69, 9.17) is 0 Å². The smallest absolute Gasteiger partial charge is 0.339 e. The van der Waals surface area contributed by atoms with Crippen LogP contribution in [0.15, 0.2) is 47.1 Å². The zero-order valence-electron chi connectivity index (χ0n) is 13.0. The van der Waals surface area contributed by atoms with Crippen molar-refractivity contribution in [2.24, 2.45) is 0 Å². The maximum absolute atomic E-state index is 11.5. The highest BCUT2D eigenvalue weighted by molar-refractivity contribution is 9.10. The molecule has 1 heterocycles. The van der Waals surface area contributed by atoms with Crippen molar-refractivity contribution >= 4 is 32.8 Å². The van der Waals surface area contributed by atoms with E-state index in [1.807, 2.05) is 24.3 Å². The number of methoxy groups -OCH3 is 1. The van der Waals surface area contributed by atoms with E-state index in [0.717, 1.165) is 10.0 Å². The summed E-state index contributed by atoms with van der Waals surface area (Å²) in [5.41, 5.74) is 1.93. The molecule has 0 aliphatic carbocycles. The SMILES string of the molecule is COC(=O)c1ccc(CN(CCc2cccc(Br)c2)[SH](=O)=O)nc1. The van der Waals surface area contributed by atoms with Crippen molar-refractivity contribution in [2.75, 3.05) is 13.7 Å². The molecule has 8 heteroatoms. The van der Waals surface area contributed by atoms with Crippen LogP contribution in [0.25, 0.3) is 0 Å². The van der Waals surface area contributed by atoms with Gasteiger partial charge >= 0.3 is 5.97 Å². The van der Waals surface area contributed by atoms with Crippen LogP contribution in [0.5, 0.6) is 0 Å². The number of aromatic nitrogens is 1. The number of carbonyl (C=O) groups is 1. The number of hydrogen-bond donors (Lipinski definition) is 1. The number of hydrogen-bond acceptors (Lipinski definition) is 5. The largest absolute Gasteiger partial charge is 0.465 e. The van der Waals surface area contributed by atoms with Crippen molar-refractivity contribution in [1.82, 2.24) is 9.29 Å². The number of rotatable bonds is 7. The number of carbonyl (C=O) groups excluding carboxylic acids is 1. The molecule has 0 spiro atoms. The highest BCUT2D eigenvalue weighted by atomic mass is 79.9. The molecule has 2 rings (SSSR count). The van der Waals surface area contributed by atoms with E-state index < -0.39 is 16.9 Å². The molecule has 0 radical (unpaired) electrons. The first-order valence-electron chi connectivity index (χ1n) is 7.16. The molecule has 0 atom stereocenters. The average Bonchev–Trinajstić information content (AvgIpc) is 2.58. The zero-order chi connectivity index (χ0) is 17.5. The summed E-state index contributed by atoms with van der Waals surface area (Å²) in [4.78, 5) is 15.5. The van der Waals surface area contributed by atoms with Crippen LogP contribution in [0.2, 0.25) is 0 Å². The Morgan fingerprint density at radius 1 is 1.29 bits per heavy atom. The lowest BCUT2D eigenvalue weighted by Gasteiger charge is -2.15. The van der Waals surface area contributed by atoms with Gasteiger partial charge in [0.15, 0.2) is 0 Å². The lowest BCUT2D eigenvalue weighted by atomic mass is 10.1. The Labute approximate surface area is 150 Å². The molecule has 0 saturated heterocycles. The summed E-state index contributed by atoms with van der Waals surface area (Å²) in [7, 11) is -1.43. The molecule has 0 aliphatic rings. The van der Waals surface area contributed by atoms with Crippen LogP contribution in [0.1, 0.15) is 21.6 Å². The predicted molar refractivity (Wildman–Crippen MR) is 94.1 cm³/mol. The molecule has 1 aromatic carbocycles. The third-order valence-corrected chi connectivity index (χ3v) is 4.67. The maximum atomic E-state index is 11.5. The third kappa shape index (κ3) is 5.40. The second-order valence-corrected chi connectivity index (χ2v) is 6.99. The Balaban J connectivity index is 2.02. The van der Waals surface area contributed by atoms with Gasteiger partial charge in [-0.15, -0.1) is 0 Å². The van der Waals surface area contributed by atoms with Gasteiger partial charge in [0.2, 0.25) is 10.9 Å². The zero-order valence-corrected chi connectivity index (χ0v) is 15.5. The summed E-state index contributed by atoms with van der Waals surface area (Å²) < 4.78 is 29.8. The number of esters is 1. The number of nitrogens with zero attached hydrogens (tertiary/aromatic N) is 2. The van der Waals surface area contributed by atoms with Crippen LogP contribution in [0.3, 0.4) is 0 Å². The number of halogens is 1. The molecule has 0 fully saturated rings. The number of pyridine rings is 1.